The Morgan fingerprint density at radius 2 is 1.76 bits per heavy atom. The standard InChI is InChI=1S/C22H21BrFN/c1-15-13-20(24)8-10-21(15)22(18-4-6-19(23)7-5-18)9-3-17-11-12-25-16(2)14-17/h4-8,10-14,22H,3,9H2,1-2H3. The minimum Gasteiger partial charge on any atom is -0.262 e. The van der Waals surface area contributed by atoms with Crippen molar-refractivity contribution in [2.24, 2.45) is 0 Å². The summed E-state index contributed by atoms with van der Waals surface area (Å²) in [6.07, 6.45) is 3.79. The molecule has 0 saturated carbocycles. The highest BCUT2D eigenvalue weighted by Gasteiger charge is 2.17. The molecule has 2 aromatic carbocycles. The van der Waals surface area contributed by atoms with Crippen LogP contribution in [0, 0.1) is 19.7 Å². The van der Waals surface area contributed by atoms with E-state index < -0.39 is 0 Å². The maximum atomic E-state index is 13.5. The number of hydrogen-bond donors (Lipinski definition) is 0. The zero-order valence-corrected chi connectivity index (χ0v) is 16.1. The van der Waals surface area contributed by atoms with E-state index in [-0.39, 0.29) is 11.7 Å². The van der Waals surface area contributed by atoms with Gasteiger partial charge in [0, 0.05) is 22.3 Å². The molecule has 3 rings (SSSR count). The summed E-state index contributed by atoms with van der Waals surface area (Å²) in [4.78, 5) is 4.27. The van der Waals surface area contributed by atoms with Crippen molar-refractivity contribution >= 4 is 15.9 Å². The molecule has 0 radical (unpaired) electrons. The third-order valence-corrected chi connectivity index (χ3v) is 5.09. The van der Waals surface area contributed by atoms with Crippen molar-refractivity contribution in [2.45, 2.75) is 32.6 Å². The topological polar surface area (TPSA) is 12.9 Å². The third kappa shape index (κ3) is 4.55. The molecule has 1 aromatic heterocycles. The van der Waals surface area contributed by atoms with Gasteiger partial charge in [0.25, 0.3) is 0 Å². The first-order valence-electron chi connectivity index (χ1n) is 8.46. The average Bonchev–Trinajstić information content (AvgIpc) is 2.58. The molecule has 0 aliphatic carbocycles. The van der Waals surface area contributed by atoms with Crippen molar-refractivity contribution in [1.29, 1.82) is 0 Å². The van der Waals surface area contributed by atoms with Gasteiger partial charge in [-0.3, -0.25) is 4.98 Å². The minimum absolute atomic E-state index is 0.180. The van der Waals surface area contributed by atoms with Crippen LogP contribution in [0.25, 0.3) is 0 Å². The molecule has 25 heavy (non-hydrogen) atoms. The smallest absolute Gasteiger partial charge is 0.123 e. The van der Waals surface area contributed by atoms with Crippen molar-refractivity contribution in [1.82, 2.24) is 4.98 Å². The zero-order chi connectivity index (χ0) is 17.8. The maximum Gasteiger partial charge on any atom is 0.123 e. The Kier molecular flexibility index (Phi) is 5.64. The quantitative estimate of drug-likeness (QED) is 0.487. The van der Waals surface area contributed by atoms with Crippen LogP contribution in [0.2, 0.25) is 0 Å². The van der Waals surface area contributed by atoms with E-state index >= 15 is 0 Å². The average molecular weight is 398 g/mol. The first-order chi connectivity index (χ1) is 12.0. The highest BCUT2D eigenvalue weighted by molar-refractivity contribution is 9.10. The summed E-state index contributed by atoms with van der Waals surface area (Å²) in [5, 5.41) is 0. The van der Waals surface area contributed by atoms with Gasteiger partial charge in [-0.05, 0) is 85.3 Å². The van der Waals surface area contributed by atoms with Gasteiger partial charge in [-0.25, -0.2) is 4.39 Å². The molecule has 128 valence electrons. The molecule has 0 amide bonds. The second kappa shape index (κ2) is 7.92. The molecule has 1 atom stereocenters. The Balaban J connectivity index is 1.92. The van der Waals surface area contributed by atoms with E-state index in [9.17, 15) is 4.39 Å². The summed E-state index contributed by atoms with van der Waals surface area (Å²) < 4.78 is 14.6. The Hall–Kier alpha value is -2.00. The van der Waals surface area contributed by atoms with E-state index in [1.165, 1.54) is 16.7 Å². The van der Waals surface area contributed by atoms with Crippen molar-refractivity contribution < 1.29 is 4.39 Å². The lowest BCUT2D eigenvalue weighted by atomic mass is 9.84. The van der Waals surface area contributed by atoms with Crippen LogP contribution in [0.5, 0.6) is 0 Å². The highest BCUT2D eigenvalue weighted by atomic mass is 79.9. The fraction of sp³-hybridized carbons (Fsp3) is 0.227. The summed E-state index contributed by atoms with van der Waals surface area (Å²) in [5.41, 5.74) is 5.77. The van der Waals surface area contributed by atoms with Crippen LogP contribution in [0.15, 0.2) is 65.3 Å². The van der Waals surface area contributed by atoms with Crippen molar-refractivity contribution in [2.75, 3.05) is 0 Å². The van der Waals surface area contributed by atoms with Crippen molar-refractivity contribution in [3.05, 3.63) is 99.0 Å². The van der Waals surface area contributed by atoms with Gasteiger partial charge in [-0.15, -0.1) is 0 Å². The molecular weight excluding hydrogens is 377 g/mol. The van der Waals surface area contributed by atoms with Gasteiger partial charge in [0.2, 0.25) is 0 Å². The van der Waals surface area contributed by atoms with Gasteiger partial charge in [0.15, 0.2) is 0 Å². The molecule has 0 aliphatic heterocycles. The predicted octanol–water partition coefficient (Wildman–Crippen LogP) is 6.36. The van der Waals surface area contributed by atoms with Crippen LogP contribution in [-0.4, -0.2) is 4.98 Å². The number of pyridine rings is 1. The molecule has 0 aliphatic rings. The number of aromatic nitrogens is 1. The Labute approximate surface area is 157 Å². The van der Waals surface area contributed by atoms with Crippen molar-refractivity contribution in [3.8, 4) is 0 Å². The predicted molar refractivity (Wildman–Crippen MR) is 104 cm³/mol. The summed E-state index contributed by atoms with van der Waals surface area (Å²) >= 11 is 3.50. The lowest BCUT2D eigenvalue weighted by Gasteiger charge is -2.20. The molecule has 1 unspecified atom stereocenters. The third-order valence-electron chi connectivity index (χ3n) is 4.56. The van der Waals surface area contributed by atoms with Crippen molar-refractivity contribution in [3.63, 3.8) is 0 Å². The second-order valence-corrected chi connectivity index (χ2v) is 7.36. The maximum absolute atomic E-state index is 13.5. The van der Waals surface area contributed by atoms with Crippen LogP contribution in [0.4, 0.5) is 4.39 Å². The van der Waals surface area contributed by atoms with E-state index in [2.05, 4.69) is 57.3 Å². The number of nitrogens with zero attached hydrogens (tertiary/aromatic N) is 1. The Morgan fingerprint density at radius 1 is 1.00 bits per heavy atom. The Morgan fingerprint density at radius 3 is 2.44 bits per heavy atom. The first-order valence-corrected chi connectivity index (χ1v) is 9.25. The number of hydrogen-bond acceptors (Lipinski definition) is 1. The van der Waals surface area contributed by atoms with Gasteiger partial charge < -0.3 is 0 Å². The normalized spacial score (nSPS) is 12.2. The molecule has 1 heterocycles. The van der Waals surface area contributed by atoms with Crippen LogP contribution < -0.4 is 0 Å². The fourth-order valence-corrected chi connectivity index (χ4v) is 3.56. The minimum atomic E-state index is -0.180. The van der Waals surface area contributed by atoms with Gasteiger partial charge in [0.1, 0.15) is 5.82 Å². The van der Waals surface area contributed by atoms with Crippen LogP contribution >= 0.6 is 15.9 Å². The van der Waals surface area contributed by atoms with Gasteiger partial charge in [-0.1, -0.05) is 34.1 Å². The molecule has 3 aromatic rings. The molecule has 3 heteroatoms. The van der Waals surface area contributed by atoms with E-state index in [1.807, 2.05) is 26.1 Å². The van der Waals surface area contributed by atoms with E-state index in [4.69, 9.17) is 0 Å². The van der Waals surface area contributed by atoms with Crippen LogP contribution in [0.3, 0.4) is 0 Å². The SMILES string of the molecule is Cc1cc(CCC(c2ccc(Br)cc2)c2ccc(F)cc2C)ccn1. The number of benzene rings is 2. The monoisotopic (exact) mass is 397 g/mol. The zero-order valence-electron chi connectivity index (χ0n) is 14.5. The number of aryl methyl sites for hydroxylation is 3. The van der Waals surface area contributed by atoms with Crippen LogP contribution in [-0.2, 0) is 6.42 Å². The second-order valence-electron chi connectivity index (χ2n) is 6.45. The van der Waals surface area contributed by atoms with E-state index in [1.54, 1.807) is 12.1 Å². The molecule has 0 fully saturated rings. The Bertz CT molecular complexity index is 858. The van der Waals surface area contributed by atoms with Gasteiger partial charge in [-0.2, -0.15) is 0 Å². The summed E-state index contributed by atoms with van der Waals surface area (Å²) in [6, 6.07) is 17.7. The van der Waals surface area contributed by atoms with E-state index in [0.29, 0.717) is 0 Å². The summed E-state index contributed by atoms with van der Waals surface area (Å²) in [7, 11) is 0. The van der Waals surface area contributed by atoms with E-state index in [0.717, 1.165) is 28.6 Å². The number of rotatable bonds is 5. The van der Waals surface area contributed by atoms with Crippen LogP contribution in [0.1, 0.15) is 40.3 Å². The molecule has 0 spiro atoms. The molecule has 0 saturated heterocycles. The largest absolute Gasteiger partial charge is 0.262 e. The lowest BCUT2D eigenvalue weighted by molar-refractivity contribution is 0.623. The van der Waals surface area contributed by atoms with Gasteiger partial charge >= 0.3 is 0 Å². The number of halogens is 2. The summed E-state index contributed by atoms with van der Waals surface area (Å²) in [6.45, 7) is 4.00. The van der Waals surface area contributed by atoms with Gasteiger partial charge in [0.05, 0.1) is 0 Å². The molecule has 0 bridgehead atoms. The summed E-state index contributed by atoms with van der Waals surface area (Å²) in [5.74, 6) is 0.0581. The molecule has 0 N–H and O–H groups in total. The fourth-order valence-electron chi connectivity index (χ4n) is 3.30. The first kappa shape index (κ1) is 17.8. The molecule has 1 nitrogen and oxygen atoms in total. The highest BCUT2D eigenvalue weighted by Crippen LogP contribution is 2.32. The lowest BCUT2D eigenvalue weighted by Crippen LogP contribution is -2.06. The molecular formula is C22H21BrFN.